The fourth-order valence-corrected chi connectivity index (χ4v) is 2.88. The molecule has 1 unspecified atom stereocenters. The molecule has 0 rings (SSSR count). The average Bonchev–Trinajstić information content (AvgIpc) is 2.37. The predicted molar refractivity (Wildman–Crippen MR) is 84.1 cm³/mol. The zero-order valence-electron chi connectivity index (χ0n) is 13.0. The molecule has 0 aromatic carbocycles. The molecule has 18 heavy (non-hydrogen) atoms. The summed E-state index contributed by atoms with van der Waals surface area (Å²) in [4.78, 5) is 0. The van der Waals surface area contributed by atoms with Crippen LogP contribution >= 0.6 is 0 Å². The van der Waals surface area contributed by atoms with Crippen LogP contribution in [0.1, 0.15) is 78.6 Å². The smallest absolute Gasteiger partial charge is 0.00952 e. The number of hydrogen-bond acceptors (Lipinski definition) is 1. The summed E-state index contributed by atoms with van der Waals surface area (Å²) in [6, 6.07) is 0.749. The molecule has 0 radical (unpaired) electrons. The van der Waals surface area contributed by atoms with E-state index in [-0.39, 0.29) is 0 Å². The first-order valence-electron chi connectivity index (χ1n) is 8.14. The standard InChI is InChI=1S/C17H35N/c1-5-9-10-11-12-15-17(18-8-4)16(13-6-2)14-7-3/h5,16-18H,1,6-15H2,2-4H3. The van der Waals surface area contributed by atoms with E-state index in [4.69, 9.17) is 0 Å². The van der Waals surface area contributed by atoms with Crippen molar-refractivity contribution in [3.8, 4) is 0 Å². The van der Waals surface area contributed by atoms with Gasteiger partial charge in [-0.25, -0.2) is 0 Å². The molecule has 0 fully saturated rings. The van der Waals surface area contributed by atoms with E-state index in [0.29, 0.717) is 0 Å². The van der Waals surface area contributed by atoms with E-state index in [1.807, 2.05) is 6.08 Å². The first-order valence-corrected chi connectivity index (χ1v) is 8.14. The van der Waals surface area contributed by atoms with E-state index >= 15 is 0 Å². The Labute approximate surface area is 115 Å². The molecule has 0 heterocycles. The van der Waals surface area contributed by atoms with Gasteiger partial charge in [0.15, 0.2) is 0 Å². The van der Waals surface area contributed by atoms with Crippen LogP contribution in [0.5, 0.6) is 0 Å². The van der Waals surface area contributed by atoms with Gasteiger partial charge in [-0.3, -0.25) is 0 Å². The summed E-state index contributed by atoms with van der Waals surface area (Å²) in [5, 5.41) is 3.72. The van der Waals surface area contributed by atoms with Gasteiger partial charge >= 0.3 is 0 Å². The van der Waals surface area contributed by atoms with Gasteiger partial charge in [0.25, 0.3) is 0 Å². The quantitative estimate of drug-likeness (QED) is 0.346. The van der Waals surface area contributed by atoms with Gasteiger partial charge in [0.2, 0.25) is 0 Å². The lowest BCUT2D eigenvalue weighted by atomic mass is 9.87. The maximum atomic E-state index is 3.79. The number of nitrogens with one attached hydrogen (secondary N) is 1. The van der Waals surface area contributed by atoms with Crippen LogP contribution in [0.2, 0.25) is 0 Å². The predicted octanol–water partition coefficient (Wildman–Crippen LogP) is 5.32. The van der Waals surface area contributed by atoms with Crippen molar-refractivity contribution in [3.63, 3.8) is 0 Å². The van der Waals surface area contributed by atoms with Crippen molar-refractivity contribution >= 4 is 0 Å². The zero-order valence-corrected chi connectivity index (χ0v) is 13.0. The molecule has 1 nitrogen and oxygen atoms in total. The topological polar surface area (TPSA) is 12.0 Å². The molecule has 0 amide bonds. The molecule has 0 bridgehead atoms. The fraction of sp³-hybridized carbons (Fsp3) is 0.882. The Hall–Kier alpha value is -0.300. The van der Waals surface area contributed by atoms with Crippen LogP contribution in [-0.4, -0.2) is 12.6 Å². The molecule has 1 N–H and O–H groups in total. The first-order chi connectivity index (χ1) is 8.79. The summed E-state index contributed by atoms with van der Waals surface area (Å²) >= 11 is 0. The van der Waals surface area contributed by atoms with Crippen molar-refractivity contribution in [2.75, 3.05) is 6.54 Å². The highest BCUT2D eigenvalue weighted by molar-refractivity contribution is 4.76. The summed E-state index contributed by atoms with van der Waals surface area (Å²) in [6.45, 7) is 11.8. The Balaban J connectivity index is 4.02. The van der Waals surface area contributed by atoms with Gasteiger partial charge < -0.3 is 5.32 Å². The Morgan fingerprint density at radius 2 is 1.61 bits per heavy atom. The van der Waals surface area contributed by atoms with Gasteiger partial charge in [0, 0.05) is 6.04 Å². The largest absolute Gasteiger partial charge is 0.314 e. The van der Waals surface area contributed by atoms with E-state index < -0.39 is 0 Å². The fourth-order valence-electron chi connectivity index (χ4n) is 2.88. The van der Waals surface area contributed by atoms with Crippen LogP contribution in [0.4, 0.5) is 0 Å². The summed E-state index contributed by atoms with van der Waals surface area (Å²) in [7, 11) is 0. The third-order valence-electron chi connectivity index (χ3n) is 3.78. The van der Waals surface area contributed by atoms with Gasteiger partial charge in [0.1, 0.15) is 0 Å². The van der Waals surface area contributed by atoms with Crippen LogP contribution in [0.3, 0.4) is 0 Å². The zero-order chi connectivity index (χ0) is 13.6. The van der Waals surface area contributed by atoms with E-state index in [9.17, 15) is 0 Å². The van der Waals surface area contributed by atoms with Gasteiger partial charge in [0.05, 0.1) is 0 Å². The highest BCUT2D eigenvalue weighted by Crippen LogP contribution is 2.22. The minimum atomic E-state index is 0.749. The number of allylic oxidation sites excluding steroid dienone is 1. The normalized spacial score (nSPS) is 12.9. The summed E-state index contributed by atoms with van der Waals surface area (Å²) in [6.07, 6.45) is 14.0. The minimum absolute atomic E-state index is 0.749. The van der Waals surface area contributed by atoms with Crippen molar-refractivity contribution < 1.29 is 0 Å². The highest BCUT2D eigenvalue weighted by Gasteiger charge is 2.18. The van der Waals surface area contributed by atoms with Crippen LogP contribution in [-0.2, 0) is 0 Å². The summed E-state index contributed by atoms with van der Waals surface area (Å²) in [5.41, 5.74) is 0. The third kappa shape index (κ3) is 8.74. The Morgan fingerprint density at radius 1 is 0.944 bits per heavy atom. The highest BCUT2D eigenvalue weighted by atomic mass is 14.9. The van der Waals surface area contributed by atoms with Gasteiger partial charge in [-0.05, 0) is 44.6 Å². The second-order valence-corrected chi connectivity index (χ2v) is 5.43. The molecule has 0 saturated heterocycles. The second-order valence-electron chi connectivity index (χ2n) is 5.43. The van der Waals surface area contributed by atoms with Gasteiger partial charge in [-0.1, -0.05) is 52.5 Å². The monoisotopic (exact) mass is 253 g/mol. The van der Waals surface area contributed by atoms with Crippen molar-refractivity contribution in [2.24, 2.45) is 5.92 Å². The number of hydrogen-bond donors (Lipinski definition) is 1. The molecule has 0 saturated carbocycles. The van der Waals surface area contributed by atoms with E-state index in [2.05, 4.69) is 32.7 Å². The van der Waals surface area contributed by atoms with Crippen LogP contribution in [0.25, 0.3) is 0 Å². The molecular formula is C17H35N. The van der Waals surface area contributed by atoms with Crippen molar-refractivity contribution in [3.05, 3.63) is 12.7 Å². The van der Waals surface area contributed by atoms with Gasteiger partial charge in [-0.15, -0.1) is 6.58 Å². The van der Waals surface area contributed by atoms with Crippen molar-refractivity contribution in [1.29, 1.82) is 0 Å². The molecule has 0 aliphatic carbocycles. The molecular weight excluding hydrogens is 218 g/mol. The average molecular weight is 253 g/mol. The van der Waals surface area contributed by atoms with Crippen molar-refractivity contribution in [1.82, 2.24) is 5.32 Å². The van der Waals surface area contributed by atoms with E-state index in [1.165, 1.54) is 57.8 Å². The van der Waals surface area contributed by atoms with Crippen LogP contribution in [0.15, 0.2) is 12.7 Å². The minimum Gasteiger partial charge on any atom is -0.314 e. The van der Waals surface area contributed by atoms with Crippen LogP contribution < -0.4 is 5.32 Å². The third-order valence-corrected chi connectivity index (χ3v) is 3.78. The maximum absolute atomic E-state index is 3.79. The summed E-state index contributed by atoms with van der Waals surface area (Å²) in [5.74, 6) is 0.888. The first kappa shape index (κ1) is 17.7. The lowest BCUT2D eigenvalue weighted by Crippen LogP contribution is -2.36. The van der Waals surface area contributed by atoms with Crippen molar-refractivity contribution in [2.45, 2.75) is 84.6 Å². The molecule has 1 heteroatoms. The SMILES string of the molecule is C=CCCCCCC(NCC)C(CCC)CCC. The Bertz CT molecular complexity index is 170. The number of rotatable bonds is 13. The summed E-state index contributed by atoms with van der Waals surface area (Å²) < 4.78 is 0. The molecule has 108 valence electrons. The molecule has 0 aromatic rings. The Morgan fingerprint density at radius 3 is 2.11 bits per heavy atom. The van der Waals surface area contributed by atoms with Crippen LogP contribution in [0, 0.1) is 5.92 Å². The Kier molecular flexibility index (Phi) is 12.9. The second kappa shape index (κ2) is 13.1. The molecule has 0 aromatic heterocycles. The lowest BCUT2D eigenvalue weighted by molar-refractivity contribution is 0.293. The van der Waals surface area contributed by atoms with Gasteiger partial charge in [-0.2, -0.15) is 0 Å². The molecule has 0 spiro atoms. The number of unbranched alkanes of at least 4 members (excludes halogenated alkanes) is 3. The molecule has 1 atom stereocenters. The van der Waals surface area contributed by atoms with E-state index in [0.717, 1.165) is 18.5 Å². The maximum Gasteiger partial charge on any atom is 0.00952 e. The lowest BCUT2D eigenvalue weighted by Gasteiger charge is -2.27. The molecule has 0 aliphatic heterocycles. The molecule has 0 aliphatic rings. The van der Waals surface area contributed by atoms with E-state index in [1.54, 1.807) is 0 Å².